The summed E-state index contributed by atoms with van der Waals surface area (Å²) in [6, 6.07) is 19.6. The minimum atomic E-state index is 0.804. The minimum absolute atomic E-state index is 0.804. The summed E-state index contributed by atoms with van der Waals surface area (Å²) in [5.74, 6) is 0.804. The van der Waals surface area contributed by atoms with Gasteiger partial charge in [-0.05, 0) is 36.4 Å². The summed E-state index contributed by atoms with van der Waals surface area (Å²) in [7, 11) is 0. The molecule has 20 heavy (non-hydrogen) atoms. The Hall–Kier alpha value is -1.95. The average Bonchev–Trinajstić information content (AvgIpc) is 2.56. The smallest absolute Gasteiger partial charge is 0.192 e. The minimum Gasteiger partial charge on any atom is -0.427 e. The zero-order chi connectivity index (χ0) is 13.8. The van der Waals surface area contributed by atoms with Crippen LogP contribution >= 0.6 is 23.0 Å². The molecular weight excluding hydrogens is 363 g/mol. The van der Waals surface area contributed by atoms with Crippen LogP contribution in [0.5, 0.6) is 5.75 Å². The van der Waals surface area contributed by atoms with E-state index in [1.165, 1.54) is 0 Å². The number of nitrogens with zero attached hydrogens (tertiary/aromatic N) is 2. The first-order valence-corrected chi connectivity index (χ1v) is 7.03. The van der Waals surface area contributed by atoms with Crippen molar-refractivity contribution in [3.63, 3.8) is 0 Å². The SMILES string of the molecule is IOc1ccccc1-c1cccc(-c2ccccn2)n1. The summed E-state index contributed by atoms with van der Waals surface area (Å²) in [4.78, 5) is 9.01. The molecule has 3 aromatic rings. The van der Waals surface area contributed by atoms with E-state index >= 15 is 0 Å². The van der Waals surface area contributed by atoms with Crippen LogP contribution in [0, 0.1) is 0 Å². The number of hydrogen-bond acceptors (Lipinski definition) is 3. The van der Waals surface area contributed by atoms with Gasteiger partial charge in [-0.1, -0.05) is 24.3 Å². The summed E-state index contributed by atoms with van der Waals surface area (Å²) >= 11 is 1.89. The number of rotatable bonds is 3. The second-order valence-corrected chi connectivity index (χ2v) is 4.64. The molecule has 0 bridgehead atoms. The number of halogens is 1. The summed E-state index contributed by atoms with van der Waals surface area (Å²) in [5.41, 5.74) is 3.56. The molecule has 0 atom stereocenters. The Kier molecular flexibility index (Phi) is 3.92. The van der Waals surface area contributed by atoms with E-state index in [9.17, 15) is 0 Å². The lowest BCUT2D eigenvalue weighted by molar-refractivity contribution is 0.719. The predicted molar refractivity (Wildman–Crippen MR) is 87.6 cm³/mol. The first-order valence-electron chi connectivity index (χ1n) is 6.15. The number of hydrogen-bond donors (Lipinski definition) is 0. The molecular formula is C16H11IN2O. The van der Waals surface area contributed by atoms with Crippen molar-refractivity contribution in [1.82, 2.24) is 9.97 Å². The van der Waals surface area contributed by atoms with E-state index < -0.39 is 0 Å². The van der Waals surface area contributed by atoms with Gasteiger partial charge in [0.2, 0.25) is 0 Å². The molecule has 3 rings (SSSR count). The van der Waals surface area contributed by atoms with Crippen molar-refractivity contribution >= 4 is 23.0 Å². The zero-order valence-electron chi connectivity index (χ0n) is 10.5. The molecule has 2 heterocycles. The first-order chi connectivity index (χ1) is 9.88. The maximum absolute atomic E-state index is 5.36. The molecule has 0 N–H and O–H groups in total. The van der Waals surface area contributed by atoms with Crippen LogP contribution in [0.2, 0.25) is 0 Å². The molecule has 0 unspecified atom stereocenters. The Bertz CT molecular complexity index is 716. The van der Waals surface area contributed by atoms with Crippen LogP contribution in [0.3, 0.4) is 0 Å². The fourth-order valence-electron chi connectivity index (χ4n) is 1.99. The largest absolute Gasteiger partial charge is 0.427 e. The Balaban J connectivity index is 2.08. The second kappa shape index (κ2) is 6.00. The van der Waals surface area contributed by atoms with Crippen molar-refractivity contribution in [2.75, 3.05) is 0 Å². The van der Waals surface area contributed by atoms with Gasteiger partial charge in [-0.15, -0.1) is 0 Å². The van der Waals surface area contributed by atoms with E-state index in [4.69, 9.17) is 3.07 Å². The molecule has 98 valence electrons. The molecule has 1 aromatic carbocycles. The van der Waals surface area contributed by atoms with Crippen LogP contribution in [0.25, 0.3) is 22.6 Å². The van der Waals surface area contributed by atoms with E-state index in [1.807, 2.05) is 83.7 Å². The van der Waals surface area contributed by atoms with E-state index in [2.05, 4.69) is 9.97 Å². The fourth-order valence-corrected chi connectivity index (χ4v) is 2.37. The van der Waals surface area contributed by atoms with Crippen molar-refractivity contribution in [3.8, 4) is 28.4 Å². The van der Waals surface area contributed by atoms with Gasteiger partial charge in [0.25, 0.3) is 0 Å². The van der Waals surface area contributed by atoms with Crippen LogP contribution in [0.15, 0.2) is 66.9 Å². The van der Waals surface area contributed by atoms with E-state index in [-0.39, 0.29) is 0 Å². The van der Waals surface area contributed by atoms with E-state index in [1.54, 1.807) is 6.20 Å². The summed E-state index contributed by atoms with van der Waals surface area (Å²) < 4.78 is 5.36. The third-order valence-electron chi connectivity index (χ3n) is 2.92. The molecule has 0 saturated heterocycles. The van der Waals surface area contributed by atoms with Crippen molar-refractivity contribution < 1.29 is 3.07 Å². The first kappa shape index (κ1) is 13.1. The summed E-state index contributed by atoms with van der Waals surface area (Å²) in [5, 5.41) is 0. The Labute approximate surface area is 131 Å². The lowest BCUT2D eigenvalue weighted by Gasteiger charge is -2.07. The second-order valence-electron chi connectivity index (χ2n) is 4.20. The van der Waals surface area contributed by atoms with Crippen LogP contribution in [0.1, 0.15) is 0 Å². The quantitative estimate of drug-likeness (QED) is 0.632. The molecule has 0 amide bonds. The van der Waals surface area contributed by atoms with Gasteiger partial charge in [-0.25, -0.2) is 4.98 Å². The zero-order valence-corrected chi connectivity index (χ0v) is 12.7. The Morgan fingerprint density at radius 2 is 1.50 bits per heavy atom. The summed E-state index contributed by atoms with van der Waals surface area (Å²) in [6.07, 6.45) is 1.77. The van der Waals surface area contributed by atoms with E-state index in [0.717, 1.165) is 28.4 Å². The van der Waals surface area contributed by atoms with E-state index in [0.29, 0.717) is 0 Å². The highest BCUT2D eigenvalue weighted by atomic mass is 127. The molecule has 0 spiro atoms. The van der Waals surface area contributed by atoms with Gasteiger partial charge in [0.1, 0.15) is 5.75 Å². The van der Waals surface area contributed by atoms with Crippen molar-refractivity contribution in [3.05, 3.63) is 66.9 Å². The topological polar surface area (TPSA) is 35.0 Å². The molecule has 0 fully saturated rings. The fraction of sp³-hybridized carbons (Fsp3) is 0. The molecule has 0 saturated carbocycles. The highest BCUT2D eigenvalue weighted by Gasteiger charge is 2.08. The Morgan fingerprint density at radius 3 is 2.30 bits per heavy atom. The maximum atomic E-state index is 5.36. The lowest BCUT2D eigenvalue weighted by Crippen LogP contribution is -1.90. The molecule has 0 aliphatic carbocycles. The van der Waals surface area contributed by atoms with Gasteiger partial charge in [0.15, 0.2) is 23.0 Å². The third kappa shape index (κ3) is 2.65. The predicted octanol–water partition coefficient (Wildman–Crippen LogP) is 4.54. The molecule has 0 aliphatic rings. The normalized spacial score (nSPS) is 10.2. The standard InChI is InChI=1S/C16H11IN2O/c17-20-16-10-2-1-6-12(16)13-8-5-9-15(19-13)14-7-3-4-11-18-14/h1-11H. The molecule has 4 heteroatoms. The number of para-hydroxylation sites is 1. The van der Waals surface area contributed by atoms with Crippen LogP contribution in [0.4, 0.5) is 0 Å². The number of benzene rings is 1. The van der Waals surface area contributed by atoms with Crippen LogP contribution in [-0.2, 0) is 0 Å². The lowest BCUT2D eigenvalue weighted by atomic mass is 10.1. The van der Waals surface area contributed by atoms with Gasteiger partial charge < -0.3 is 3.07 Å². The summed E-state index contributed by atoms with van der Waals surface area (Å²) in [6.45, 7) is 0. The Morgan fingerprint density at radius 1 is 0.750 bits per heavy atom. The van der Waals surface area contributed by atoms with Crippen molar-refractivity contribution in [2.24, 2.45) is 0 Å². The number of aromatic nitrogens is 2. The third-order valence-corrected chi connectivity index (χ3v) is 3.40. The van der Waals surface area contributed by atoms with Crippen LogP contribution in [-0.4, -0.2) is 9.97 Å². The highest BCUT2D eigenvalue weighted by Crippen LogP contribution is 2.30. The van der Waals surface area contributed by atoms with Gasteiger partial charge in [-0.2, -0.15) is 0 Å². The van der Waals surface area contributed by atoms with Gasteiger partial charge in [0.05, 0.1) is 17.1 Å². The highest BCUT2D eigenvalue weighted by molar-refractivity contribution is 14.1. The van der Waals surface area contributed by atoms with Gasteiger partial charge in [-0.3, -0.25) is 4.98 Å². The maximum Gasteiger partial charge on any atom is 0.192 e. The molecule has 0 radical (unpaired) electrons. The molecule has 2 aromatic heterocycles. The van der Waals surface area contributed by atoms with Crippen LogP contribution < -0.4 is 3.07 Å². The monoisotopic (exact) mass is 374 g/mol. The molecule has 3 nitrogen and oxygen atoms in total. The van der Waals surface area contributed by atoms with Crippen molar-refractivity contribution in [2.45, 2.75) is 0 Å². The molecule has 0 aliphatic heterocycles. The number of pyridine rings is 2. The van der Waals surface area contributed by atoms with Gasteiger partial charge in [0, 0.05) is 11.8 Å². The average molecular weight is 374 g/mol. The van der Waals surface area contributed by atoms with Crippen molar-refractivity contribution in [1.29, 1.82) is 0 Å². The van der Waals surface area contributed by atoms with Gasteiger partial charge >= 0.3 is 0 Å².